The van der Waals surface area contributed by atoms with E-state index in [2.05, 4.69) is 12.1 Å². The molecule has 1 aliphatic rings. The first-order chi connectivity index (χ1) is 7.77. The van der Waals surface area contributed by atoms with E-state index in [4.69, 9.17) is 15.3 Å². The molecule has 0 aromatic heterocycles. The fourth-order valence-corrected chi connectivity index (χ4v) is 1.83. The molecule has 0 aliphatic carbocycles. The van der Waals surface area contributed by atoms with Gasteiger partial charge < -0.3 is 9.64 Å². The molecule has 0 N–H and O–H groups in total. The van der Waals surface area contributed by atoms with Gasteiger partial charge in [0.2, 0.25) is 0 Å². The molecule has 1 heterocycles. The summed E-state index contributed by atoms with van der Waals surface area (Å²) in [4.78, 5) is 2.00. The first-order valence-electron chi connectivity index (χ1n) is 5.03. The minimum Gasteiger partial charge on any atom is -0.488 e. The van der Waals surface area contributed by atoms with Gasteiger partial charge in [-0.15, -0.1) is 0 Å². The van der Waals surface area contributed by atoms with Crippen molar-refractivity contribution in [3.05, 3.63) is 23.8 Å². The molecule has 0 bridgehead atoms. The maximum absolute atomic E-state index is 8.95. The van der Waals surface area contributed by atoms with Crippen molar-refractivity contribution in [2.75, 3.05) is 18.6 Å². The summed E-state index contributed by atoms with van der Waals surface area (Å²) in [5.74, 6) is 0.627. The van der Waals surface area contributed by atoms with Crippen LogP contribution >= 0.6 is 0 Å². The van der Waals surface area contributed by atoms with Crippen LogP contribution in [0.25, 0.3) is 0 Å². The zero-order valence-corrected chi connectivity index (χ0v) is 8.97. The quantitative estimate of drug-likeness (QED) is 0.712. The van der Waals surface area contributed by atoms with Crippen LogP contribution in [-0.2, 0) is 0 Å². The molecule has 4 heteroatoms. The molecule has 0 saturated heterocycles. The number of nitriles is 2. The van der Waals surface area contributed by atoms with Gasteiger partial charge in [0.15, 0.2) is 5.75 Å². The van der Waals surface area contributed by atoms with E-state index >= 15 is 0 Å². The fraction of sp³-hybridized carbons (Fsp3) is 0.333. The Balaban J connectivity index is 2.40. The second-order valence-electron chi connectivity index (χ2n) is 3.70. The van der Waals surface area contributed by atoms with E-state index in [1.165, 1.54) is 0 Å². The monoisotopic (exact) mass is 213 g/mol. The zero-order valence-electron chi connectivity index (χ0n) is 8.97. The van der Waals surface area contributed by atoms with Crippen LogP contribution in [0.2, 0.25) is 0 Å². The van der Waals surface area contributed by atoms with Gasteiger partial charge in [0, 0.05) is 7.05 Å². The predicted molar refractivity (Wildman–Crippen MR) is 59.1 cm³/mol. The Labute approximate surface area is 94.3 Å². The van der Waals surface area contributed by atoms with E-state index in [0.717, 1.165) is 5.69 Å². The SMILES string of the molecule is CN1c2cccc(C#N)c2OCC1CC#N. The number of para-hydroxylation sites is 1. The van der Waals surface area contributed by atoms with Gasteiger partial charge >= 0.3 is 0 Å². The third-order valence-electron chi connectivity index (χ3n) is 2.79. The first-order valence-corrected chi connectivity index (χ1v) is 5.03. The maximum Gasteiger partial charge on any atom is 0.160 e. The molecule has 1 atom stereocenters. The van der Waals surface area contributed by atoms with Crippen LogP contribution in [0.3, 0.4) is 0 Å². The Bertz CT molecular complexity index is 484. The number of anilines is 1. The topological polar surface area (TPSA) is 60.1 Å². The average molecular weight is 213 g/mol. The van der Waals surface area contributed by atoms with Crippen molar-refractivity contribution in [1.29, 1.82) is 10.5 Å². The van der Waals surface area contributed by atoms with Crippen LogP contribution in [-0.4, -0.2) is 19.7 Å². The number of benzene rings is 1. The van der Waals surface area contributed by atoms with Gasteiger partial charge in [0.05, 0.1) is 29.8 Å². The predicted octanol–water partition coefficient (Wildman–Crippen LogP) is 1.67. The normalized spacial score (nSPS) is 17.9. The van der Waals surface area contributed by atoms with Crippen molar-refractivity contribution < 1.29 is 4.74 Å². The van der Waals surface area contributed by atoms with Gasteiger partial charge in [0.25, 0.3) is 0 Å². The van der Waals surface area contributed by atoms with Crippen LogP contribution in [0.4, 0.5) is 5.69 Å². The lowest BCUT2D eigenvalue weighted by atomic mass is 10.1. The van der Waals surface area contributed by atoms with E-state index in [1.807, 2.05) is 24.1 Å². The van der Waals surface area contributed by atoms with Gasteiger partial charge in [0.1, 0.15) is 12.7 Å². The fourth-order valence-electron chi connectivity index (χ4n) is 1.83. The molecular formula is C12H11N3O. The van der Waals surface area contributed by atoms with Crippen LogP contribution in [0, 0.1) is 22.7 Å². The number of likely N-dealkylation sites (N-methyl/N-ethyl adjacent to an activating group) is 1. The Morgan fingerprint density at radius 2 is 2.31 bits per heavy atom. The van der Waals surface area contributed by atoms with Crippen molar-refractivity contribution in [2.24, 2.45) is 0 Å². The Kier molecular flexibility index (Phi) is 2.66. The molecule has 80 valence electrons. The lowest BCUT2D eigenvalue weighted by Gasteiger charge is -2.34. The van der Waals surface area contributed by atoms with Crippen molar-refractivity contribution in [1.82, 2.24) is 0 Å². The van der Waals surface area contributed by atoms with Crippen LogP contribution in [0.5, 0.6) is 5.75 Å². The Morgan fingerprint density at radius 1 is 1.50 bits per heavy atom. The van der Waals surface area contributed by atoms with Crippen molar-refractivity contribution in [2.45, 2.75) is 12.5 Å². The number of fused-ring (bicyclic) bond motifs is 1. The molecule has 0 amide bonds. The summed E-state index contributed by atoms with van der Waals surface area (Å²) in [6.45, 7) is 0.454. The summed E-state index contributed by atoms with van der Waals surface area (Å²) in [7, 11) is 1.92. The molecule has 0 spiro atoms. The maximum atomic E-state index is 8.95. The smallest absolute Gasteiger partial charge is 0.160 e. The van der Waals surface area contributed by atoms with Gasteiger partial charge in [-0.2, -0.15) is 10.5 Å². The standard InChI is InChI=1S/C12H11N3O/c1-15-10(5-6-13)8-16-12-9(7-14)3-2-4-11(12)15/h2-4,10H,5,8H2,1H3. The number of ether oxygens (including phenoxy) is 1. The molecule has 1 unspecified atom stereocenters. The summed E-state index contributed by atoms with van der Waals surface area (Å²) in [5.41, 5.74) is 1.42. The van der Waals surface area contributed by atoms with Crippen LogP contribution in [0.1, 0.15) is 12.0 Å². The number of hydrogen-bond acceptors (Lipinski definition) is 4. The Morgan fingerprint density at radius 3 is 3.00 bits per heavy atom. The highest BCUT2D eigenvalue weighted by molar-refractivity contribution is 5.66. The first kappa shape index (κ1) is 10.3. The number of hydrogen-bond donors (Lipinski definition) is 0. The summed E-state index contributed by atoms with van der Waals surface area (Å²) in [6.07, 6.45) is 0.423. The highest BCUT2D eigenvalue weighted by Crippen LogP contribution is 2.36. The average Bonchev–Trinajstić information content (AvgIpc) is 2.32. The van der Waals surface area contributed by atoms with Crippen LogP contribution in [0.15, 0.2) is 18.2 Å². The van der Waals surface area contributed by atoms with E-state index in [9.17, 15) is 0 Å². The van der Waals surface area contributed by atoms with E-state index in [1.54, 1.807) is 6.07 Å². The van der Waals surface area contributed by atoms with Crippen LogP contribution < -0.4 is 9.64 Å². The molecule has 0 fully saturated rings. The lowest BCUT2D eigenvalue weighted by Crippen LogP contribution is -2.40. The Hall–Kier alpha value is -2.20. The number of rotatable bonds is 1. The van der Waals surface area contributed by atoms with Crippen molar-refractivity contribution in [3.63, 3.8) is 0 Å². The van der Waals surface area contributed by atoms with Crippen molar-refractivity contribution >= 4 is 5.69 Å². The highest BCUT2D eigenvalue weighted by atomic mass is 16.5. The highest BCUT2D eigenvalue weighted by Gasteiger charge is 2.26. The summed E-state index contributed by atoms with van der Waals surface area (Å²) < 4.78 is 5.57. The van der Waals surface area contributed by atoms with E-state index in [-0.39, 0.29) is 6.04 Å². The molecule has 16 heavy (non-hydrogen) atoms. The summed E-state index contributed by atoms with van der Waals surface area (Å²) in [6, 6.07) is 9.77. The molecule has 4 nitrogen and oxygen atoms in total. The van der Waals surface area contributed by atoms with E-state index in [0.29, 0.717) is 24.3 Å². The molecule has 1 aliphatic heterocycles. The third kappa shape index (κ3) is 1.55. The third-order valence-corrected chi connectivity index (χ3v) is 2.79. The van der Waals surface area contributed by atoms with E-state index < -0.39 is 0 Å². The lowest BCUT2D eigenvalue weighted by molar-refractivity contribution is 0.267. The summed E-state index contributed by atoms with van der Waals surface area (Å²) >= 11 is 0. The van der Waals surface area contributed by atoms with Crippen molar-refractivity contribution in [3.8, 4) is 17.9 Å². The molecule has 0 radical (unpaired) electrons. The molecule has 0 saturated carbocycles. The largest absolute Gasteiger partial charge is 0.488 e. The minimum absolute atomic E-state index is 0.0615. The second kappa shape index (κ2) is 4.12. The number of nitrogens with zero attached hydrogens (tertiary/aromatic N) is 3. The van der Waals surface area contributed by atoms with Gasteiger partial charge in [-0.3, -0.25) is 0 Å². The van der Waals surface area contributed by atoms with Gasteiger partial charge in [-0.1, -0.05) is 6.07 Å². The molecule has 1 aromatic rings. The molecular weight excluding hydrogens is 202 g/mol. The molecule has 1 aromatic carbocycles. The zero-order chi connectivity index (χ0) is 11.5. The molecule has 2 rings (SSSR count). The van der Waals surface area contributed by atoms with Gasteiger partial charge in [-0.25, -0.2) is 0 Å². The summed E-state index contributed by atoms with van der Waals surface area (Å²) in [5, 5.41) is 17.6. The second-order valence-corrected chi connectivity index (χ2v) is 3.70. The van der Waals surface area contributed by atoms with Gasteiger partial charge in [-0.05, 0) is 12.1 Å². The minimum atomic E-state index is 0.0615.